The Bertz CT molecular complexity index is 700. The monoisotopic (exact) mass is 308 g/mol. The van der Waals surface area contributed by atoms with Gasteiger partial charge in [0.15, 0.2) is 10.9 Å². The molecule has 6 heteroatoms. The standard InChI is InChI=1S/C14H13ClN2O2S/c1-8-6-12(18)17-14(16-8)20-9(2)13(19)10-4-3-5-11(15)7-10/h3-7,9H,1-2H3,(H,16,17,18). The average Bonchev–Trinajstić information content (AvgIpc) is 2.36. The summed E-state index contributed by atoms with van der Waals surface area (Å²) < 4.78 is 0. The molecule has 0 aliphatic carbocycles. The largest absolute Gasteiger partial charge is 0.301 e. The molecule has 0 saturated carbocycles. The summed E-state index contributed by atoms with van der Waals surface area (Å²) in [6.45, 7) is 3.51. The summed E-state index contributed by atoms with van der Waals surface area (Å²) in [5.41, 5.74) is 0.952. The Balaban J connectivity index is 2.17. The van der Waals surface area contributed by atoms with E-state index in [9.17, 15) is 9.59 Å². The van der Waals surface area contributed by atoms with Crippen LogP contribution in [-0.4, -0.2) is 21.0 Å². The second-order valence-corrected chi connectivity index (χ2v) is 6.09. The van der Waals surface area contributed by atoms with E-state index in [4.69, 9.17) is 11.6 Å². The van der Waals surface area contributed by atoms with Crippen molar-refractivity contribution in [1.82, 2.24) is 9.97 Å². The molecule has 1 atom stereocenters. The fourth-order valence-corrected chi connectivity index (χ4v) is 2.83. The smallest absolute Gasteiger partial charge is 0.251 e. The molecule has 0 bridgehead atoms. The van der Waals surface area contributed by atoms with Crippen LogP contribution in [0.2, 0.25) is 5.02 Å². The van der Waals surface area contributed by atoms with Gasteiger partial charge in [0, 0.05) is 22.3 Å². The lowest BCUT2D eigenvalue weighted by Gasteiger charge is -2.10. The highest BCUT2D eigenvalue weighted by Gasteiger charge is 2.18. The van der Waals surface area contributed by atoms with Gasteiger partial charge in [-0.15, -0.1) is 0 Å². The molecule has 1 aromatic heterocycles. The molecule has 0 spiro atoms. The number of carbonyl (C=O) groups excluding carboxylic acids is 1. The number of thioether (sulfide) groups is 1. The lowest BCUT2D eigenvalue weighted by Crippen LogP contribution is -2.16. The van der Waals surface area contributed by atoms with E-state index in [2.05, 4.69) is 9.97 Å². The number of rotatable bonds is 4. The first-order valence-electron chi connectivity index (χ1n) is 6.00. The van der Waals surface area contributed by atoms with Gasteiger partial charge < -0.3 is 4.98 Å². The summed E-state index contributed by atoms with van der Waals surface area (Å²) >= 11 is 7.10. The number of aryl methyl sites for hydroxylation is 1. The Labute approximate surface area is 125 Å². The Morgan fingerprint density at radius 1 is 1.40 bits per heavy atom. The van der Waals surface area contributed by atoms with Crippen molar-refractivity contribution in [1.29, 1.82) is 0 Å². The molecule has 1 heterocycles. The quantitative estimate of drug-likeness (QED) is 0.535. The SMILES string of the molecule is Cc1cc(=O)[nH]c(SC(C)C(=O)c2cccc(Cl)c2)n1. The molecule has 2 rings (SSSR count). The number of benzene rings is 1. The van der Waals surface area contributed by atoms with E-state index in [0.717, 1.165) is 0 Å². The number of carbonyl (C=O) groups is 1. The zero-order valence-corrected chi connectivity index (χ0v) is 12.6. The summed E-state index contributed by atoms with van der Waals surface area (Å²) in [7, 11) is 0. The number of aromatic amines is 1. The normalized spacial score (nSPS) is 12.2. The van der Waals surface area contributed by atoms with Gasteiger partial charge in [0.05, 0.1) is 5.25 Å². The van der Waals surface area contributed by atoms with Crippen molar-refractivity contribution in [2.24, 2.45) is 0 Å². The van der Waals surface area contributed by atoms with Gasteiger partial charge in [0.2, 0.25) is 0 Å². The maximum Gasteiger partial charge on any atom is 0.251 e. The minimum atomic E-state index is -0.363. The fourth-order valence-electron chi connectivity index (χ4n) is 1.70. The summed E-state index contributed by atoms with van der Waals surface area (Å²) in [5, 5.41) is 0.603. The molecular weight excluding hydrogens is 296 g/mol. The minimum absolute atomic E-state index is 0.0540. The number of nitrogens with zero attached hydrogens (tertiary/aromatic N) is 1. The van der Waals surface area contributed by atoms with Crippen LogP contribution in [0.25, 0.3) is 0 Å². The van der Waals surface area contributed by atoms with Gasteiger partial charge in [-0.3, -0.25) is 9.59 Å². The van der Waals surface area contributed by atoms with Gasteiger partial charge in [-0.1, -0.05) is 35.5 Å². The van der Waals surface area contributed by atoms with Crippen LogP contribution in [0.4, 0.5) is 0 Å². The van der Waals surface area contributed by atoms with E-state index in [-0.39, 0.29) is 16.6 Å². The molecule has 2 aromatic rings. The van der Waals surface area contributed by atoms with Crippen LogP contribution < -0.4 is 5.56 Å². The van der Waals surface area contributed by atoms with Gasteiger partial charge in [0.25, 0.3) is 5.56 Å². The molecule has 1 unspecified atom stereocenters. The number of hydrogen-bond donors (Lipinski definition) is 1. The molecule has 1 aromatic carbocycles. The van der Waals surface area contributed by atoms with Crippen LogP contribution in [0.1, 0.15) is 23.0 Å². The van der Waals surface area contributed by atoms with Crippen LogP contribution in [0, 0.1) is 6.92 Å². The molecular formula is C14H13ClN2O2S. The molecule has 104 valence electrons. The number of ketones is 1. The molecule has 0 aliphatic heterocycles. The van der Waals surface area contributed by atoms with Crippen molar-refractivity contribution in [3.8, 4) is 0 Å². The number of nitrogens with one attached hydrogen (secondary N) is 1. The average molecular weight is 309 g/mol. The van der Waals surface area contributed by atoms with E-state index < -0.39 is 0 Å². The van der Waals surface area contributed by atoms with Crippen molar-refractivity contribution >= 4 is 29.1 Å². The minimum Gasteiger partial charge on any atom is -0.301 e. The molecule has 1 N–H and O–H groups in total. The third kappa shape index (κ3) is 3.71. The van der Waals surface area contributed by atoms with Gasteiger partial charge in [0.1, 0.15) is 0 Å². The number of halogens is 1. The summed E-state index contributed by atoms with van der Waals surface area (Å²) in [6, 6.07) is 8.22. The predicted molar refractivity (Wildman–Crippen MR) is 80.7 cm³/mol. The van der Waals surface area contributed by atoms with Crippen molar-refractivity contribution in [2.75, 3.05) is 0 Å². The van der Waals surface area contributed by atoms with Crippen LogP contribution in [0.5, 0.6) is 0 Å². The van der Waals surface area contributed by atoms with Gasteiger partial charge in [-0.25, -0.2) is 4.98 Å². The van der Waals surface area contributed by atoms with Crippen molar-refractivity contribution < 1.29 is 4.79 Å². The van der Waals surface area contributed by atoms with Gasteiger partial charge >= 0.3 is 0 Å². The molecule has 0 aliphatic rings. The van der Waals surface area contributed by atoms with E-state index in [0.29, 0.717) is 21.4 Å². The second-order valence-electron chi connectivity index (χ2n) is 4.33. The maximum absolute atomic E-state index is 12.3. The number of H-pyrrole nitrogens is 1. The van der Waals surface area contributed by atoms with Crippen LogP contribution in [0.3, 0.4) is 0 Å². The summed E-state index contributed by atoms with van der Waals surface area (Å²) in [5.74, 6) is -0.0540. The third-order valence-corrected chi connectivity index (χ3v) is 3.83. The molecule has 0 fully saturated rings. The maximum atomic E-state index is 12.3. The van der Waals surface area contributed by atoms with Gasteiger partial charge in [-0.05, 0) is 26.0 Å². The zero-order valence-electron chi connectivity index (χ0n) is 11.0. The van der Waals surface area contributed by atoms with E-state index in [1.165, 1.54) is 17.8 Å². The summed E-state index contributed by atoms with van der Waals surface area (Å²) in [6.07, 6.45) is 0. The first kappa shape index (κ1) is 14.8. The van der Waals surface area contributed by atoms with Crippen molar-refractivity contribution in [3.63, 3.8) is 0 Å². The predicted octanol–water partition coefficient (Wildman–Crippen LogP) is 3.10. The molecule has 0 amide bonds. The van der Waals surface area contributed by atoms with E-state index >= 15 is 0 Å². The molecule has 4 nitrogen and oxygen atoms in total. The van der Waals surface area contributed by atoms with Crippen molar-refractivity contribution in [3.05, 3.63) is 57.0 Å². The molecule has 0 radical (unpaired) electrons. The molecule has 0 saturated heterocycles. The third-order valence-electron chi connectivity index (χ3n) is 2.61. The Morgan fingerprint density at radius 2 is 2.15 bits per heavy atom. The fraction of sp³-hybridized carbons (Fsp3) is 0.214. The highest BCUT2D eigenvalue weighted by Crippen LogP contribution is 2.23. The first-order valence-corrected chi connectivity index (χ1v) is 7.26. The van der Waals surface area contributed by atoms with Crippen LogP contribution >= 0.6 is 23.4 Å². The Morgan fingerprint density at radius 3 is 2.80 bits per heavy atom. The molecule has 20 heavy (non-hydrogen) atoms. The van der Waals surface area contributed by atoms with Crippen molar-refractivity contribution in [2.45, 2.75) is 24.3 Å². The second kappa shape index (κ2) is 6.24. The highest BCUT2D eigenvalue weighted by molar-refractivity contribution is 8.00. The zero-order chi connectivity index (χ0) is 14.7. The summed E-state index contributed by atoms with van der Waals surface area (Å²) in [4.78, 5) is 30.4. The Kier molecular flexibility index (Phi) is 4.62. The Hall–Kier alpha value is -1.59. The van der Waals surface area contributed by atoms with Gasteiger partial charge in [-0.2, -0.15) is 0 Å². The number of hydrogen-bond acceptors (Lipinski definition) is 4. The topological polar surface area (TPSA) is 62.8 Å². The van der Waals surface area contributed by atoms with Crippen LogP contribution in [0.15, 0.2) is 40.3 Å². The lowest BCUT2D eigenvalue weighted by atomic mass is 10.1. The van der Waals surface area contributed by atoms with E-state index in [1.807, 2.05) is 0 Å². The lowest BCUT2D eigenvalue weighted by molar-refractivity contribution is 0.0994. The highest BCUT2D eigenvalue weighted by atomic mass is 35.5. The number of aromatic nitrogens is 2. The van der Waals surface area contributed by atoms with Crippen LogP contribution in [-0.2, 0) is 0 Å². The number of Topliss-reactive ketones (excluding diaryl/α,β-unsaturated/α-hetero) is 1. The van der Waals surface area contributed by atoms with E-state index in [1.54, 1.807) is 38.1 Å². The first-order chi connectivity index (χ1) is 9.45.